The first-order valence-corrected chi connectivity index (χ1v) is 13.6. The van der Waals surface area contributed by atoms with E-state index in [9.17, 15) is 14.6 Å². The smallest absolute Gasteiger partial charge is 0.126 e. The Morgan fingerprint density at radius 1 is 0.838 bits per heavy atom. The molecule has 0 saturated carbocycles. The van der Waals surface area contributed by atoms with E-state index in [2.05, 4.69) is 48.6 Å². The summed E-state index contributed by atoms with van der Waals surface area (Å²) in [7, 11) is 0.0654. The van der Waals surface area contributed by atoms with Gasteiger partial charge < -0.3 is 10.2 Å². The molecule has 5 rings (SSSR count). The number of phenolic OH excluding ortho intramolecular Hbond substituents is 1. The monoisotopic (exact) mass is 508 g/mol. The van der Waals surface area contributed by atoms with Gasteiger partial charge in [0, 0.05) is 11.7 Å². The van der Waals surface area contributed by atoms with Crippen LogP contribution in [0.2, 0.25) is 0 Å². The Labute approximate surface area is 219 Å². The van der Waals surface area contributed by atoms with Crippen molar-refractivity contribution in [3.8, 4) is 5.75 Å². The summed E-state index contributed by atoms with van der Waals surface area (Å²) >= 11 is 0. The molecule has 37 heavy (non-hydrogen) atoms. The van der Waals surface area contributed by atoms with E-state index in [0.29, 0.717) is 23.5 Å². The van der Waals surface area contributed by atoms with Crippen LogP contribution >= 0.6 is 8.58 Å². The van der Waals surface area contributed by atoms with Gasteiger partial charge in [0.2, 0.25) is 0 Å². The number of hydrogen-bond acceptors (Lipinski definition) is 2. The van der Waals surface area contributed by atoms with Gasteiger partial charge in [-0.15, -0.1) is 0 Å². The van der Waals surface area contributed by atoms with Crippen LogP contribution in [0.3, 0.4) is 0 Å². The molecule has 0 spiro atoms. The summed E-state index contributed by atoms with van der Waals surface area (Å²) in [4.78, 5) is 0. The van der Waals surface area contributed by atoms with E-state index in [1.807, 2.05) is 48.5 Å². The fourth-order valence-electron chi connectivity index (χ4n) is 4.84. The second kappa shape index (κ2) is 11.7. The van der Waals surface area contributed by atoms with Crippen LogP contribution in [0.4, 0.5) is 4.39 Å². The zero-order valence-electron chi connectivity index (χ0n) is 20.5. The van der Waals surface area contributed by atoms with Gasteiger partial charge in [-0.2, -0.15) is 0 Å². The average molecular weight is 509 g/mol. The molecule has 186 valence electrons. The van der Waals surface area contributed by atoms with Gasteiger partial charge in [-0.05, 0) is 70.1 Å². The van der Waals surface area contributed by atoms with Crippen molar-refractivity contribution < 1.29 is 14.6 Å². The maximum atomic E-state index is 14.3. The zero-order valence-corrected chi connectivity index (χ0v) is 21.5. The summed E-state index contributed by atoms with van der Waals surface area (Å²) in [6.45, 7) is 0. The molecule has 1 aliphatic rings. The molecule has 4 aromatic rings. The van der Waals surface area contributed by atoms with E-state index < -0.39 is 11.9 Å². The molecule has 0 amide bonds. The number of benzene rings is 4. The van der Waals surface area contributed by atoms with Crippen molar-refractivity contribution >= 4 is 19.2 Å². The fraction of sp³-hybridized carbons (Fsp3) is 0.152. The van der Waals surface area contributed by atoms with E-state index in [1.54, 1.807) is 6.07 Å². The van der Waals surface area contributed by atoms with E-state index >= 15 is 0 Å². The Hall–Kier alpha value is -3.52. The Balaban J connectivity index is 1.52. The van der Waals surface area contributed by atoms with Gasteiger partial charge in [-0.25, -0.2) is 4.39 Å². The van der Waals surface area contributed by atoms with Crippen molar-refractivity contribution in [1.29, 1.82) is 0 Å². The molecular formula is C33H30FO2P. The number of rotatable bonds is 8. The summed E-state index contributed by atoms with van der Waals surface area (Å²) < 4.78 is 14.3. The molecule has 4 heteroatoms. The van der Waals surface area contributed by atoms with Gasteiger partial charge in [-0.3, -0.25) is 0 Å². The number of aromatic hydroxyl groups is 1. The third-order valence-corrected chi connectivity index (χ3v) is 8.12. The number of halogens is 1. The normalized spacial score (nSPS) is 15.9. The van der Waals surface area contributed by atoms with Gasteiger partial charge in [0.15, 0.2) is 0 Å². The van der Waals surface area contributed by atoms with E-state index in [4.69, 9.17) is 0 Å². The topological polar surface area (TPSA) is 40.5 Å². The summed E-state index contributed by atoms with van der Waals surface area (Å²) in [6.07, 6.45) is 10.1. The Bertz CT molecular complexity index is 1410. The summed E-state index contributed by atoms with van der Waals surface area (Å²) in [5, 5.41) is 24.1. The minimum absolute atomic E-state index is 0.0654. The largest absolute Gasteiger partial charge is 0.507 e. The summed E-state index contributed by atoms with van der Waals surface area (Å²) in [5.74, 6) is 0.296. The second-order valence-electron chi connectivity index (χ2n) is 9.50. The molecule has 3 unspecified atom stereocenters. The molecule has 0 heterocycles. The van der Waals surface area contributed by atoms with Crippen molar-refractivity contribution in [2.45, 2.75) is 25.4 Å². The predicted octanol–water partition coefficient (Wildman–Crippen LogP) is 6.51. The van der Waals surface area contributed by atoms with Crippen LogP contribution in [-0.2, 0) is 12.8 Å². The first-order valence-electron chi connectivity index (χ1n) is 12.6. The zero-order chi connectivity index (χ0) is 25.6. The molecule has 0 aliphatic heterocycles. The third kappa shape index (κ3) is 6.25. The van der Waals surface area contributed by atoms with Crippen LogP contribution in [0.15, 0.2) is 115 Å². The molecule has 4 aromatic carbocycles. The standard InChI is InChI=1S/C33H30FO2P/c34-28-16-17-30(29(22-28)32(35)26-14-8-3-9-15-26)37-31-21-25(18-23-10-4-1-5-11-23)20-27(33(31)36)19-24-12-6-2-7-13-24/h1-10,12-17,20-23,32,35-37H,11,18-19H2. The number of allylic oxidation sites excluding steroid dienone is 4. The highest BCUT2D eigenvalue weighted by Gasteiger charge is 2.19. The Morgan fingerprint density at radius 2 is 1.59 bits per heavy atom. The quantitative estimate of drug-likeness (QED) is 0.267. The van der Waals surface area contributed by atoms with Crippen molar-refractivity contribution in [2.24, 2.45) is 5.92 Å². The predicted molar refractivity (Wildman–Crippen MR) is 152 cm³/mol. The van der Waals surface area contributed by atoms with Crippen LogP contribution in [0, 0.1) is 11.7 Å². The lowest BCUT2D eigenvalue weighted by molar-refractivity contribution is 0.221. The number of aliphatic hydroxyl groups is 1. The molecule has 3 atom stereocenters. The third-order valence-electron chi connectivity index (χ3n) is 6.75. The molecular weight excluding hydrogens is 478 g/mol. The Kier molecular flexibility index (Phi) is 7.94. The van der Waals surface area contributed by atoms with Crippen molar-refractivity contribution in [1.82, 2.24) is 0 Å². The first-order chi connectivity index (χ1) is 18.1. The lowest BCUT2D eigenvalue weighted by Crippen LogP contribution is -2.16. The van der Waals surface area contributed by atoms with Crippen molar-refractivity contribution in [3.05, 3.63) is 149 Å². The van der Waals surface area contributed by atoms with Gasteiger partial charge in [0.25, 0.3) is 0 Å². The van der Waals surface area contributed by atoms with E-state index in [0.717, 1.165) is 34.6 Å². The molecule has 2 nitrogen and oxygen atoms in total. The number of hydrogen-bond donors (Lipinski definition) is 2. The van der Waals surface area contributed by atoms with Crippen LogP contribution < -0.4 is 10.6 Å². The molecule has 0 fully saturated rings. The highest BCUT2D eigenvalue weighted by Crippen LogP contribution is 2.31. The molecule has 1 aliphatic carbocycles. The lowest BCUT2D eigenvalue weighted by Gasteiger charge is -2.19. The van der Waals surface area contributed by atoms with Crippen LogP contribution in [0.25, 0.3) is 0 Å². The molecule has 0 aromatic heterocycles. The van der Waals surface area contributed by atoms with Gasteiger partial charge >= 0.3 is 0 Å². The van der Waals surface area contributed by atoms with Crippen LogP contribution in [0.1, 0.15) is 40.3 Å². The lowest BCUT2D eigenvalue weighted by atomic mass is 9.91. The number of aliphatic hydroxyl groups excluding tert-OH is 1. The van der Waals surface area contributed by atoms with Crippen LogP contribution in [-0.4, -0.2) is 10.2 Å². The van der Waals surface area contributed by atoms with Gasteiger partial charge in [-0.1, -0.05) is 106 Å². The Morgan fingerprint density at radius 3 is 2.32 bits per heavy atom. The molecule has 0 saturated heterocycles. The molecule has 0 bridgehead atoms. The maximum Gasteiger partial charge on any atom is 0.126 e. The van der Waals surface area contributed by atoms with Crippen molar-refractivity contribution in [3.63, 3.8) is 0 Å². The van der Waals surface area contributed by atoms with Gasteiger partial charge in [0.05, 0.1) is 0 Å². The molecule has 0 radical (unpaired) electrons. The SMILES string of the molecule is Oc1c(Cc2ccccc2)cc(CC2C=CC=CC2)cc1Pc1ccc(F)cc1C(O)c1ccccc1. The fourth-order valence-corrected chi connectivity index (χ4v) is 6.19. The summed E-state index contributed by atoms with van der Waals surface area (Å²) in [5.41, 5.74) is 4.42. The summed E-state index contributed by atoms with van der Waals surface area (Å²) in [6, 6.07) is 28.2. The highest BCUT2D eigenvalue weighted by atomic mass is 31.1. The second-order valence-corrected chi connectivity index (χ2v) is 10.8. The van der Waals surface area contributed by atoms with Crippen molar-refractivity contribution in [2.75, 3.05) is 0 Å². The average Bonchev–Trinajstić information content (AvgIpc) is 2.93. The number of phenols is 1. The highest BCUT2D eigenvalue weighted by molar-refractivity contribution is 7.55. The molecule has 2 N–H and O–H groups in total. The first kappa shape index (κ1) is 25.1. The maximum absolute atomic E-state index is 14.3. The van der Waals surface area contributed by atoms with E-state index in [-0.39, 0.29) is 14.3 Å². The van der Waals surface area contributed by atoms with Gasteiger partial charge in [0.1, 0.15) is 17.7 Å². The van der Waals surface area contributed by atoms with Crippen LogP contribution in [0.5, 0.6) is 5.75 Å². The minimum Gasteiger partial charge on any atom is -0.507 e. The minimum atomic E-state index is -0.951. The van der Waals surface area contributed by atoms with E-state index in [1.165, 1.54) is 17.7 Å².